The van der Waals surface area contributed by atoms with E-state index in [2.05, 4.69) is 4.98 Å². The first kappa shape index (κ1) is 12.5. The zero-order valence-corrected chi connectivity index (χ0v) is 11.0. The third-order valence-electron chi connectivity index (χ3n) is 3.23. The fourth-order valence-corrected chi connectivity index (χ4v) is 2.31. The van der Waals surface area contributed by atoms with Crippen LogP contribution in [0.15, 0.2) is 18.2 Å². The summed E-state index contributed by atoms with van der Waals surface area (Å²) in [5, 5.41) is 1.00. The third-order valence-corrected chi connectivity index (χ3v) is 3.23. The van der Waals surface area contributed by atoms with Crippen LogP contribution >= 0.6 is 0 Å². The first-order chi connectivity index (χ1) is 8.58. The summed E-state index contributed by atoms with van der Waals surface area (Å²) in [5.41, 5.74) is 2.95. The van der Waals surface area contributed by atoms with Gasteiger partial charge in [-0.25, -0.2) is 0 Å². The minimum atomic E-state index is -0.296. The fourth-order valence-electron chi connectivity index (χ4n) is 2.31. The Morgan fingerprint density at radius 1 is 1.33 bits per heavy atom. The lowest BCUT2D eigenvalue weighted by Gasteiger charge is -2.10. The van der Waals surface area contributed by atoms with Gasteiger partial charge in [0.1, 0.15) is 5.75 Å². The van der Waals surface area contributed by atoms with Crippen molar-refractivity contribution in [2.24, 2.45) is 0 Å². The van der Waals surface area contributed by atoms with Gasteiger partial charge in [-0.05, 0) is 37.6 Å². The molecule has 0 spiro atoms. The van der Waals surface area contributed by atoms with E-state index in [1.54, 1.807) is 7.11 Å². The van der Waals surface area contributed by atoms with Crippen LogP contribution in [0.25, 0.3) is 10.9 Å². The molecule has 0 bridgehead atoms. The summed E-state index contributed by atoms with van der Waals surface area (Å²) < 4.78 is 10.0. The number of esters is 1. The number of aromatic nitrogens is 1. The van der Waals surface area contributed by atoms with Crippen LogP contribution in [0.3, 0.4) is 0 Å². The van der Waals surface area contributed by atoms with Crippen molar-refractivity contribution in [1.82, 2.24) is 4.98 Å². The van der Waals surface area contributed by atoms with Crippen molar-refractivity contribution in [2.45, 2.75) is 19.8 Å². The molecule has 0 amide bonds. The van der Waals surface area contributed by atoms with Crippen LogP contribution in [-0.4, -0.2) is 25.2 Å². The molecule has 1 heterocycles. The van der Waals surface area contributed by atoms with Crippen LogP contribution in [0.1, 0.15) is 24.1 Å². The minimum absolute atomic E-state index is 0.234. The molecule has 0 aliphatic carbocycles. The van der Waals surface area contributed by atoms with Gasteiger partial charge in [0.25, 0.3) is 0 Å². The summed E-state index contributed by atoms with van der Waals surface area (Å²) in [6.45, 7) is 3.81. The average Bonchev–Trinajstić information content (AvgIpc) is 2.71. The Bertz CT molecular complexity index is 586. The fraction of sp³-hybridized carbons (Fsp3) is 0.357. The molecule has 1 unspecified atom stereocenters. The zero-order chi connectivity index (χ0) is 13.3. The molecule has 4 nitrogen and oxygen atoms in total. The lowest BCUT2D eigenvalue weighted by atomic mass is 9.98. The lowest BCUT2D eigenvalue weighted by Crippen LogP contribution is -2.11. The number of ether oxygens (including phenoxy) is 2. The highest BCUT2D eigenvalue weighted by Gasteiger charge is 2.22. The Kier molecular flexibility index (Phi) is 3.28. The number of benzene rings is 1. The summed E-state index contributed by atoms with van der Waals surface area (Å²) >= 11 is 0. The molecule has 0 saturated heterocycles. The van der Waals surface area contributed by atoms with E-state index in [1.165, 1.54) is 7.11 Å². The van der Waals surface area contributed by atoms with E-state index in [4.69, 9.17) is 9.47 Å². The van der Waals surface area contributed by atoms with Crippen LogP contribution in [0.4, 0.5) is 0 Å². The summed E-state index contributed by atoms with van der Waals surface area (Å²) in [6.07, 6.45) is 0. The van der Waals surface area contributed by atoms with Crippen LogP contribution in [0, 0.1) is 6.92 Å². The molecule has 2 rings (SSSR count). The molecule has 18 heavy (non-hydrogen) atoms. The molecule has 1 atom stereocenters. The van der Waals surface area contributed by atoms with Gasteiger partial charge in [-0.1, -0.05) is 0 Å². The Morgan fingerprint density at radius 3 is 2.67 bits per heavy atom. The Balaban J connectivity index is 2.61. The predicted octanol–water partition coefficient (Wildman–Crippen LogP) is 2.76. The molecule has 4 heteroatoms. The van der Waals surface area contributed by atoms with Gasteiger partial charge in [0.15, 0.2) is 0 Å². The van der Waals surface area contributed by atoms with Crippen molar-refractivity contribution < 1.29 is 14.3 Å². The number of hydrogen-bond donors (Lipinski definition) is 1. The first-order valence-corrected chi connectivity index (χ1v) is 5.82. The van der Waals surface area contributed by atoms with Gasteiger partial charge >= 0.3 is 5.97 Å². The normalized spacial score (nSPS) is 12.4. The van der Waals surface area contributed by atoms with Crippen molar-refractivity contribution in [3.8, 4) is 5.75 Å². The number of carbonyl (C=O) groups excluding carboxylic acids is 1. The highest BCUT2D eigenvalue weighted by Crippen LogP contribution is 2.32. The first-order valence-electron chi connectivity index (χ1n) is 5.82. The number of aryl methyl sites for hydroxylation is 1. The number of aromatic amines is 1. The van der Waals surface area contributed by atoms with E-state index in [-0.39, 0.29) is 11.9 Å². The molecule has 1 N–H and O–H groups in total. The number of carbonyl (C=O) groups is 1. The van der Waals surface area contributed by atoms with E-state index in [0.29, 0.717) is 0 Å². The zero-order valence-electron chi connectivity index (χ0n) is 11.0. The molecule has 96 valence electrons. The second kappa shape index (κ2) is 4.72. The van der Waals surface area contributed by atoms with Gasteiger partial charge in [0.2, 0.25) is 0 Å². The molecule has 0 aliphatic rings. The third kappa shape index (κ3) is 1.94. The van der Waals surface area contributed by atoms with Gasteiger partial charge in [-0.3, -0.25) is 4.79 Å². The van der Waals surface area contributed by atoms with E-state index in [0.717, 1.165) is 27.9 Å². The van der Waals surface area contributed by atoms with Gasteiger partial charge in [-0.2, -0.15) is 0 Å². The maximum Gasteiger partial charge on any atom is 0.312 e. The number of methoxy groups -OCH3 is 2. The molecular formula is C14H17NO3. The molecule has 1 aromatic heterocycles. The second-order valence-electron chi connectivity index (χ2n) is 4.32. The molecular weight excluding hydrogens is 230 g/mol. The summed E-state index contributed by atoms with van der Waals surface area (Å²) in [5.74, 6) is 0.248. The minimum Gasteiger partial charge on any atom is -0.497 e. The highest BCUT2D eigenvalue weighted by atomic mass is 16.5. The SMILES string of the molecule is COC(=O)C(C)c1c(C)[nH]c2ccc(OC)cc12. The van der Waals surface area contributed by atoms with Crippen molar-refractivity contribution in [3.05, 3.63) is 29.5 Å². The average molecular weight is 247 g/mol. The topological polar surface area (TPSA) is 51.3 Å². The monoisotopic (exact) mass is 247 g/mol. The van der Waals surface area contributed by atoms with Crippen LogP contribution in [0.5, 0.6) is 5.75 Å². The Morgan fingerprint density at radius 2 is 2.06 bits per heavy atom. The number of nitrogens with one attached hydrogen (secondary N) is 1. The van der Waals surface area contributed by atoms with Crippen molar-refractivity contribution in [1.29, 1.82) is 0 Å². The summed E-state index contributed by atoms with van der Waals surface area (Å²) in [4.78, 5) is 15.0. The van der Waals surface area contributed by atoms with Crippen LogP contribution in [-0.2, 0) is 9.53 Å². The number of rotatable bonds is 3. The van der Waals surface area contributed by atoms with E-state index >= 15 is 0 Å². The number of H-pyrrole nitrogens is 1. The summed E-state index contributed by atoms with van der Waals surface area (Å²) in [6, 6.07) is 5.78. The Labute approximate surface area is 106 Å². The molecule has 0 radical (unpaired) electrons. The second-order valence-corrected chi connectivity index (χ2v) is 4.32. The van der Waals surface area contributed by atoms with Gasteiger partial charge in [0.05, 0.1) is 20.1 Å². The molecule has 0 aliphatic heterocycles. The van der Waals surface area contributed by atoms with Crippen LogP contribution in [0.2, 0.25) is 0 Å². The molecule has 0 fully saturated rings. The van der Waals surface area contributed by atoms with Gasteiger partial charge in [0, 0.05) is 16.6 Å². The molecule has 1 aromatic carbocycles. The molecule has 0 saturated carbocycles. The van der Waals surface area contributed by atoms with Crippen molar-refractivity contribution in [2.75, 3.05) is 14.2 Å². The van der Waals surface area contributed by atoms with Crippen molar-refractivity contribution >= 4 is 16.9 Å². The Hall–Kier alpha value is -1.97. The highest BCUT2D eigenvalue weighted by molar-refractivity contribution is 5.91. The largest absolute Gasteiger partial charge is 0.497 e. The van der Waals surface area contributed by atoms with E-state index < -0.39 is 0 Å². The predicted molar refractivity (Wildman–Crippen MR) is 70.0 cm³/mol. The van der Waals surface area contributed by atoms with Gasteiger partial charge < -0.3 is 14.5 Å². The number of fused-ring (bicyclic) bond motifs is 1. The van der Waals surface area contributed by atoms with E-state index in [1.807, 2.05) is 32.0 Å². The number of hydrogen-bond acceptors (Lipinski definition) is 3. The maximum atomic E-state index is 11.7. The quantitative estimate of drug-likeness (QED) is 0.848. The van der Waals surface area contributed by atoms with Gasteiger partial charge in [-0.15, -0.1) is 0 Å². The smallest absolute Gasteiger partial charge is 0.312 e. The van der Waals surface area contributed by atoms with E-state index in [9.17, 15) is 4.79 Å². The van der Waals surface area contributed by atoms with Crippen molar-refractivity contribution in [3.63, 3.8) is 0 Å². The molecule has 2 aromatic rings. The summed E-state index contributed by atoms with van der Waals surface area (Å²) in [7, 11) is 3.04. The lowest BCUT2D eigenvalue weighted by molar-refractivity contribution is -0.141. The van der Waals surface area contributed by atoms with Crippen LogP contribution < -0.4 is 4.74 Å². The standard InChI is InChI=1S/C14H17NO3/c1-8(14(16)18-4)13-9(2)15-12-6-5-10(17-3)7-11(12)13/h5-8,15H,1-4H3. The maximum absolute atomic E-state index is 11.7.